The summed E-state index contributed by atoms with van der Waals surface area (Å²) in [7, 11) is 0. The zero-order valence-corrected chi connectivity index (χ0v) is 12.9. The molecule has 21 heavy (non-hydrogen) atoms. The molecule has 1 spiro atoms. The van der Waals surface area contributed by atoms with Gasteiger partial charge in [0.05, 0.1) is 17.0 Å². The molecule has 1 aromatic rings. The van der Waals surface area contributed by atoms with Crippen LogP contribution >= 0.6 is 11.8 Å². The van der Waals surface area contributed by atoms with Crippen LogP contribution in [0.4, 0.5) is 5.69 Å². The van der Waals surface area contributed by atoms with E-state index in [-0.39, 0.29) is 17.6 Å². The highest BCUT2D eigenvalue weighted by molar-refractivity contribution is 8.01. The maximum Gasteiger partial charge on any atom is 0.318 e. The van der Waals surface area contributed by atoms with E-state index in [0.717, 1.165) is 22.4 Å². The van der Waals surface area contributed by atoms with Gasteiger partial charge in [0.25, 0.3) is 10.8 Å². The van der Waals surface area contributed by atoms with Crippen molar-refractivity contribution in [2.24, 2.45) is 0 Å². The summed E-state index contributed by atoms with van der Waals surface area (Å²) in [5, 5.41) is 0. The molecule has 0 N–H and O–H groups in total. The van der Waals surface area contributed by atoms with Crippen molar-refractivity contribution in [2.75, 3.05) is 10.7 Å². The molecule has 108 valence electrons. The van der Waals surface area contributed by atoms with E-state index in [9.17, 15) is 9.59 Å². The number of hydrogen-bond acceptors (Lipinski definition) is 4. The molecule has 3 aliphatic rings. The Hall–Kier alpha value is -1.75. The van der Waals surface area contributed by atoms with Crippen LogP contribution in [0.15, 0.2) is 24.3 Å². The third kappa shape index (κ3) is 1.42. The fourth-order valence-corrected chi connectivity index (χ4v) is 4.64. The van der Waals surface area contributed by atoms with Crippen molar-refractivity contribution >= 4 is 34.9 Å². The summed E-state index contributed by atoms with van der Waals surface area (Å²) in [6.07, 6.45) is 2.09. The summed E-state index contributed by atoms with van der Waals surface area (Å²) in [4.78, 5) is 25.3. The van der Waals surface area contributed by atoms with Gasteiger partial charge in [0, 0.05) is 11.1 Å². The van der Waals surface area contributed by atoms with Gasteiger partial charge in [-0.3, -0.25) is 14.5 Å². The first-order chi connectivity index (χ1) is 9.87. The molecule has 1 amide bonds. The summed E-state index contributed by atoms with van der Waals surface area (Å²) >= 11 is 1.28. The number of para-hydroxylation sites is 1. The number of fused-ring (bicyclic) bond motifs is 1. The Morgan fingerprint density at radius 1 is 1.29 bits per heavy atom. The second kappa shape index (κ2) is 3.71. The molecule has 4 rings (SSSR count). The van der Waals surface area contributed by atoms with E-state index < -0.39 is 10.5 Å². The van der Waals surface area contributed by atoms with E-state index in [4.69, 9.17) is 4.74 Å². The second-order valence-electron chi connectivity index (χ2n) is 6.20. The fraction of sp³-hybridized carbons (Fsp3) is 0.375. The zero-order valence-electron chi connectivity index (χ0n) is 12.1. The minimum atomic E-state index is -1.18. The predicted molar refractivity (Wildman–Crippen MR) is 81.9 cm³/mol. The Labute approximate surface area is 127 Å². The third-order valence-corrected chi connectivity index (χ3v) is 5.59. The third-order valence-electron chi connectivity index (χ3n) is 4.32. The number of nitrogens with zero attached hydrogens (tertiary/aromatic N) is 1. The van der Waals surface area contributed by atoms with Gasteiger partial charge in [-0.2, -0.15) is 0 Å². The molecule has 0 saturated carbocycles. The number of ether oxygens (including phenoxy) is 1. The minimum absolute atomic E-state index is 0.144. The highest BCUT2D eigenvalue weighted by Gasteiger charge is 2.61. The molecule has 0 aromatic heterocycles. The molecule has 0 aliphatic carbocycles. The Bertz CT molecular complexity index is 737. The predicted octanol–water partition coefficient (Wildman–Crippen LogP) is 2.67. The van der Waals surface area contributed by atoms with Gasteiger partial charge in [-0.15, -0.1) is 0 Å². The van der Waals surface area contributed by atoms with Gasteiger partial charge in [0.1, 0.15) is 0 Å². The van der Waals surface area contributed by atoms with E-state index >= 15 is 0 Å². The lowest BCUT2D eigenvalue weighted by molar-refractivity contribution is -0.153. The normalized spacial score (nSPS) is 28.7. The van der Waals surface area contributed by atoms with Crippen molar-refractivity contribution in [3.8, 4) is 0 Å². The number of carbonyl (C=O) groups excluding carboxylic acids is 2. The lowest BCUT2D eigenvalue weighted by atomic mass is 9.89. The smallest absolute Gasteiger partial charge is 0.318 e. The number of esters is 1. The lowest BCUT2D eigenvalue weighted by Crippen LogP contribution is -2.50. The van der Waals surface area contributed by atoms with Crippen LogP contribution in [-0.4, -0.2) is 23.2 Å². The van der Waals surface area contributed by atoms with Crippen LogP contribution < -0.4 is 4.90 Å². The van der Waals surface area contributed by atoms with E-state index in [1.807, 2.05) is 32.0 Å². The molecule has 1 saturated heterocycles. The lowest BCUT2D eigenvalue weighted by Gasteiger charge is -2.38. The summed E-state index contributed by atoms with van der Waals surface area (Å²) in [6, 6.07) is 5.84. The maximum atomic E-state index is 13.1. The summed E-state index contributed by atoms with van der Waals surface area (Å²) in [6.45, 7) is 6.07. The van der Waals surface area contributed by atoms with Crippen molar-refractivity contribution in [1.82, 2.24) is 0 Å². The molecule has 0 radical (unpaired) electrons. The summed E-state index contributed by atoms with van der Waals surface area (Å²) in [5.74, 6) is -0.251. The average molecular weight is 301 g/mol. The number of carbonyl (C=O) groups is 2. The quantitative estimate of drug-likeness (QED) is 0.691. The zero-order chi connectivity index (χ0) is 15.0. The molecule has 1 aromatic carbocycles. The Kier molecular flexibility index (Phi) is 2.29. The molecule has 3 aliphatic heterocycles. The second-order valence-corrected chi connectivity index (χ2v) is 7.35. The molecular formula is C16H15NO3S. The number of thioether (sulfide) groups is 1. The number of hydrogen-bond donors (Lipinski definition) is 0. The van der Waals surface area contributed by atoms with E-state index in [1.54, 1.807) is 4.90 Å². The van der Waals surface area contributed by atoms with Crippen molar-refractivity contribution in [1.29, 1.82) is 0 Å². The van der Waals surface area contributed by atoms with Gasteiger partial charge >= 0.3 is 5.97 Å². The van der Waals surface area contributed by atoms with Crippen LogP contribution in [0.1, 0.15) is 31.9 Å². The number of rotatable bonds is 0. The van der Waals surface area contributed by atoms with Gasteiger partial charge in [0.15, 0.2) is 0 Å². The number of amides is 1. The number of anilines is 1. The molecular weight excluding hydrogens is 286 g/mol. The van der Waals surface area contributed by atoms with Crippen LogP contribution in [0.25, 0.3) is 5.57 Å². The Balaban J connectivity index is 2.04. The molecule has 0 unspecified atom stereocenters. The first kappa shape index (κ1) is 13.0. The van der Waals surface area contributed by atoms with E-state index in [0.29, 0.717) is 0 Å². The molecule has 1 atom stereocenters. The van der Waals surface area contributed by atoms with Crippen molar-refractivity contribution in [3.63, 3.8) is 0 Å². The van der Waals surface area contributed by atoms with Crippen molar-refractivity contribution < 1.29 is 14.3 Å². The van der Waals surface area contributed by atoms with Gasteiger partial charge in [-0.05, 0) is 26.3 Å². The van der Waals surface area contributed by atoms with Crippen LogP contribution in [-0.2, 0) is 19.3 Å². The number of allylic oxidation sites excluding steroid dienone is 1. The number of benzene rings is 1. The molecule has 5 heteroatoms. The van der Waals surface area contributed by atoms with Crippen molar-refractivity contribution in [3.05, 3.63) is 35.4 Å². The summed E-state index contributed by atoms with van der Waals surface area (Å²) in [5.41, 5.74) is 3.47. The highest BCUT2D eigenvalue weighted by Crippen LogP contribution is 2.57. The Morgan fingerprint density at radius 3 is 2.71 bits per heavy atom. The Morgan fingerprint density at radius 2 is 2.05 bits per heavy atom. The minimum Gasteiger partial charge on any atom is -0.433 e. The van der Waals surface area contributed by atoms with Crippen LogP contribution in [0, 0.1) is 0 Å². The van der Waals surface area contributed by atoms with E-state index in [1.165, 1.54) is 11.8 Å². The van der Waals surface area contributed by atoms with Gasteiger partial charge in [-0.25, -0.2) is 0 Å². The van der Waals surface area contributed by atoms with Crippen molar-refractivity contribution in [2.45, 2.75) is 31.2 Å². The highest BCUT2D eigenvalue weighted by atomic mass is 32.2. The molecule has 0 bridgehead atoms. The first-order valence-electron chi connectivity index (χ1n) is 6.91. The van der Waals surface area contributed by atoms with Gasteiger partial charge in [0.2, 0.25) is 0 Å². The van der Waals surface area contributed by atoms with Crippen LogP contribution in [0.3, 0.4) is 0 Å². The largest absolute Gasteiger partial charge is 0.433 e. The molecule has 4 nitrogen and oxygen atoms in total. The topological polar surface area (TPSA) is 46.6 Å². The van der Waals surface area contributed by atoms with Gasteiger partial charge < -0.3 is 4.74 Å². The van der Waals surface area contributed by atoms with E-state index in [2.05, 4.69) is 13.0 Å². The average Bonchev–Trinajstić information content (AvgIpc) is 2.90. The van der Waals surface area contributed by atoms with Gasteiger partial charge in [-0.1, -0.05) is 36.0 Å². The summed E-state index contributed by atoms with van der Waals surface area (Å²) < 4.78 is 5.50. The monoisotopic (exact) mass is 301 g/mol. The fourth-order valence-electron chi connectivity index (χ4n) is 3.57. The van der Waals surface area contributed by atoms with Crippen LogP contribution in [0.2, 0.25) is 0 Å². The standard InChI is InChI=1S/C16H15NO3S/c1-9-7-15(2,3)17-13-10(9)5-4-6-11(13)16(14(17)19)20-12(18)8-21-16/h4-7H,8H2,1-3H3/t16-/m1/s1. The SMILES string of the molecule is CC1=CC(C)(C)N2C(=O)[C@@]3(OC(=O)CS3)c3cccc1c32. The maximum absolute atomic E-state index is 13.1. The first-order valence-corrected chi connectivity index (χ1v) is 7.89. The molecule has 3 heterocycles. The molecule has 1 fully saturated rings. The van der Waals surface area contributed by atoms with Crippen LogP contribution in [0.5, 0.6) is 0 Å².